The molecule has 6 heteroatoms. The van der Waals surface area contributed by atoms with Crippen molar-refractivity contribution >= 4 is 21.7 Å². The zero-order valence-electron chi connectivity index (χ0n) is 9.70. The summed E-state index contributed by atoms with van der Waals surface area (Å²) in [6.07, 6.45) is 0. The number of para-hydroxylation sites is 1. The van der Waals surface area contributed by atoms with Gasteiger partial charge < -0.3 is 5.11 Å². The SMILES string of the molecule is CC(CS(=O)(=O)N(C)c1ccccc1)C(=O)O. The molecule has 0 saturated heterocycles. The van der Waals surface area contributed by atoms with Gasteiger partial charge in [-0.05, 0) is 12.1 Å². The zero-order valence-corrected chi connectivity index (χ0v) is 10.5. The summed E-state index contributed by atoms with van der Waals surface area (Å²) in [5, 5.41) is 8.71. The van der Waals surface area contributed by atoms with Crippen molar-refractivity contribution in [2.75, 3.05) is 17.1 Å². The van der Waals surface area contributed by atoms with Crippen LogP contribution in [0.5, 0.6) is 0 Å². The molecule has 0 radical (unpaired) electrons. The Hall–Kier alpha value is -1.56. The lowest BCUT2D eigenvalue weighted by Crippen LogP contribution is -2.33. The van der Waals surface area contributed by atoms with Crippen LogP contribution in [0.15, 0.2) is 30.3 Å². The van der Waals surface area contributed by atoms with E-state index >= 15 is 0 Å². The van der Waals surface area contributed by atoms with Gasteiger partial charge in [-0.1, -0.05) is 25.1 Å². The first-order valence-corrected chi connectivity index (χ1v) is 6.70. The fourth-order valence-electron chi connectivity index (χ4n) is 1.30. The predicted octanol–water partition coefficient (Wildman–Crippen LogP) is 1.17. The predicted molar refractivity (Wildman–Crippen MR) is 65.4 cm³/mol. The minimum absolute atomic E-state index is 0.409. The molecule has 0 aliphatic heterocycles. The van der Waals surface area contributed by atoms with Crippen LogP contribution in [0.1, 0.15) is 6.92 Å². The number of carboxylic acid groups (broad SMARTS) is 1. The molecule has 0 aliphatic rings. The molecule has 0 saturated carbocycles. The van der Waals surface area contributed by atoms with E-state index in [0.717, 1.165) is 4.31 Å². The maximum atomic E-state index is 11.9. The summed E-state index contributed by atoms with van der Waals surface area (Å²) in [7, 11) is -2.19. The number of benzene rings is 1. The van der Waals surface area contributed by atoms with Crippen LogP contribution in [0.4, 0.5) is 5.69 Å². The fraction of sp³-hybridized carbons (Fsp3) is 0.364. The molecule has 0 aliphatic carbocycles. The number of carboxylic acids is 1. The van der Waals surface area contributed by atoms with E-state index in [0.29, 0.717) is 5.69 Å². The molecule has 5 nitrogen and oxygen atoms in total. The summed E-state index contributed by atoms with van der Waals surface area (Å²) in [4.78, 5) is 10.7. The molecule has 17 heavy (non-hydrogen) atoms. The third-order valence-electron chi connectivity index (χ3n) is 2.42. The van der Waals surface area contributed by atoms with E-state index in [1.54, 1.807) is 30.3 Å². The maximum absolute atomic E-state index is 11.9. The summed E-state index contributed by atoms with van der Waals surface area (Å²) in [6.45, 7) is 1.37. The second-order valence-electron chi connectivity index (χ2n) is 3.82. The fourth-order valence-corrected chi connectivity index (χ4v) is 2.74. The average molecular weight is 257 g/mol. The number of carbonyl (C=O) groups is 1. The van der Waals surface area contributed by atoms with Gasteiger partial charge in [-0.25, -0.2) is 8.42 Å². The van der Waals surface area contributed by atoms with Crippen molar-refractivity contribution in [2.45, 2.75) is 6.92 Å². The highest BCUT2D eigenvalue weighted by Crippen LogP contribution is 2.17. The molecule has 1 rings (SSSR count). The van der Waals surface area contributed by atoms with E-state index in [9.17, 15) is 13.2 Å². The molecule has 0 bridgehead atoms. The van der Waals surface area contributed by atoms with Crippen molar-refractivity contribution in [1.29, 1.82) is 0 Å². The van der Waals surface area contributed by atoms with Gasteiger partial charge in [0.15, 0.2) is 0 Å². The third-order valence-corrected chi connectivity index (χ3v) is 4.39. The lowest BCUT2D eigenvalue weighted by atomic mass is 10.2. The number of anilines is 1. The summed E-state index contributed by atoms with van der Waals surface area (Å²) in [6, 6.07) is 8.54. The van der Waals surface area contributed by atoms with Gasteiger partial charge in [0.2, 0.25) is 10.0 Å². The molecule has 0 fully saturated rings. The molecule has 0 heterocycles. The maximum Gasteiger partial charge on any atom is 0.307 e. The largest absolute Gasteiger partial charge is 0.481 e. The zero-order chi connectivity index (χ0) is 13.1. The quantitative estimate of drug-likeness (QED) is 0.859. The van der Waals surface area contributed by atoms with E-state index in [2.05, 4.69) is 0 Å². The average Bonchev–Trinajstić information content (AvgIpc) is 2.28. The Kier molecular flexibility index (Phi) is 4.11. The van der Waals surface area contributed by atoms with Gasteiger partial charge in [0, 0.05) is 7.05 Å². The first kappa shape index (κ1) is 13.5. The van der Waals surface area contributed by atoms with Crippen LogP contribution in [-0.4, -0.2) is 32.3 Å². The third kappa shape index (κ3) is 3.45. The Labute approximate surface area is 101 Å². The first-order chi connectivity index (χ1) is 7.84. The van der Waals surface area contributed by atoms with Crippen molar-refractivity contribution in [3.05, 3.63) is 30.3 Å². The van der Waals surface area contributed by atoms with E-state index < -0.39 is 27.7 Å². The van der Waals surface area contributed by atoms with E-state index in [-0.39, 0.29) is 0 Å². The first-order valence-electron chi connectivity index (χ1n) is 5.09. The van der Waals surface area contributed by atoms with Crippen molar-refractivity contribution in [3.63, 3.8) is 0 Å². The van der Waals surface area contributed by atoms with Crippen LogP contribution in [0.3, 0.4) is 0 Å². The van der Waals surface area contributed by atoms with Gasteiger partial charge in [0.1, 0.15) is 0 Å². The van der Waals surface area contributed by atoms with Crippen LogP contribution in [0.25, 0.3) is 0 Å². The van der Waals surface area contributed by atoms with Gasteiger partial charge in [-0.3, -0.25) is 9.10 Å². The van der Waals surface area contributed by atoms with Crippen molar-refractivity contribution in [3.8, 4) is 0 Å². The molecule has 1 N–H and O–H groups in total. The highest BCUT2D eigenvalue weighted by molar-refractivity contribution is 7.92. The Morgan fingerprint density at radius 1 is 1.35 bits per heavy atom. The number of hydrogen-bond donors (Lipinski definition) is 1. The van der Waals surface area contributed by atoms with Gasteiger partial charge in [-0.15, -0.1) is 0 Å². The molecule has 94 valence electrons. The lowest BCUT2D eigenvalue weighted by Gasteiger charge is -2.20. The van der Waals surface area contributed by atoms with Crippen molar-refractivity contribution < 1.29 is 18.3 Å². The monoisotopic (exact) mass is 257 g/mol. The van der Waals surface area contributed by atoms with Crippen LogP contribution >= 0.6 is 0 Å². The Morgan fingerprint density at radius 2 is 1.88 bits per heavy atom. The molecule has 0 spiro atoms. The molecule has 0 aromatic heterocycles. The lowest BCUT2D eigenvalue weighted by molar-refractivity contribution is -0.140. The second kappa shape index (κ2) is 5.18. The Bertz CT molecular complexity index is 483. The van der Waals surface area contributed by atoms with Gasteiger partial charge in [0.25, 0.3) is 0 Å². The van der Waals surface area contributed by atoms with Crippen LogP contribution in [-0.2, 0) is 14.8 Å². The summed E-state index contributed by atoms with van der Waals surface area (Å²) >= 11 is 0. The molecular weight excluding hydrogens is 242 g/mol. The molecule has 1 aromatic carbocycles. The number of hydrogen-bond acceptors (Lipinski definition) is 3. The summed E-state index contributed by atoms with van der Waals surface area (Å²) in [5.74, 6) is -2.45. The molecule has 1 aromatic rings. The second-order valence-corrected chi connectivity index (χ2v) is 5.87. The number of nitrogens with zero attached hydrogens (tertiary/aromatic N) is 1. The highest BCUT2D eigenvalue weighted by atomic mass is 32.2. The minimum Gasteiger partial charge on any atom is -0.481 e. The summed E-state index contributed by atoms with van der Waals surface area (Å²) in [5.41, 5.74) is 0.519. The molecular formula is C11H15NO4S. The van der Waals surface area contributed by atoms with E-state index in [1.165, 1.54) is 14.0 Å². The van der Waals surface area contributed by atoms with Crippen molar-refractivity contribution in [2.24, 2.45) is 5.92 Å². The van der Waals surface area contributed by atoms with E-state index in [4.69, 9.17) is 5.11 Å². The topological polar surface area (TPSA) is 74.7 Å². The normalized spacial score (nSPS) is 13.1. The number of aliphatic carboxylic acids is 1. The molecule has 1 atom stereocenters. The minimum atomic E-state index is -3.61. The Morgan fingerprint density at radius 3 is 2.35 bits per heavy atom. The molecule has 0 amide bonds. The molecule has 1 unspecified atom stereocenters. The van der Waals surface area contributed by atoms with E-state index in [1.807, 2.05) is 0 Å². The smallest absolute Gasteiger partial charge is 0.307 e. The van der Waals surface area contributed by atoms with Crippen LogP contribution < -0.4 is 4.31 Å². The number of rotatable bonds is 5. The van der Waals surface area contributed by atoms with Crippen molar-refractivity contribution in [1.82, 2.24) is 0 Å². The van der Waals surface area contributed by atoms with Crippen LogP contribution in [0, 0.1) is 5.92 Å². The number of sulfonamides is 1. The summed E-state index contributed by atoms with van der Waals surface area (Å²) < 4.78 is 24.9. The van der Waals surface area contributed by atoms with Gasteiger partial charge in [0.05, 0.1) is 17.4 Å². The van der Waals surface area contributed by atoms with Crippen LogP contribution in [0.2, 0.25) is 0 Å². The highest BCUT2D eigenvalue weighted by Gasteiger charge is 2.25. The standard InChI is InChI=1S/C11H15NO4S/c1-9(11(13)14)8-17(15,16)12(2)10-6-4-3-5-7-10/h3-7,9H,8H2,1-2H3,(H,13,14). The Balaban J connectivity index is 2.88. The van der Waals surface area contributed by atoms with Gasteiger partial charge in [-0.2, -0.15) is 0 Å². The van der Waals surface area contributed by atoms with Gasteiger partial charge >= 0.3 is 5.97 Å².